The van der Waals surface area contributed by atoms with Crippen LogP contribution in [0.25, 0.3) is 0 Å². The van der Waals surface area contributed by atoms with Gasteiger partial charge in [0.15, 0.2) is 0 Å². The van der Waals surface area contributed by atoms with E-state index in [9.17, 15) is 9.18 Å². The van der Waals surface area contributed by atoms with Crippen molar-refractivity contribution < 1.29 is 9.18 Å². The molecule has 0 unspecified atom stereocenters. The Morgan fingerprint density at radius 1 is 1.29 bits per heavy atom. The normalized spacial score (nSPS) is 19.8. The van der Waals surface area contributed by atoms with Crippen molar-refractivity contribution in [3.8, 4) is 0 Å². The van der Waals surface area contributed by atoms with Gasteiger partial charge >= 0.3 is 0 Å². The fourth-order valence-electron chi connectivity index (χ4n) is 2.94. The van der Waals surface area contributed by atoms with E-state index >= 15 is 0 Å². The number of benzene rings is 1. The Balaban J connectivity index is 1.55. The maximum absolute atomic E-state index is 13.3. The van der Waals surface area contributed by atoms with E-state index in [4.69, 9.17) is 0 Å². The molecule has 114 valence electrons. The van der Waals surface area contributed by atoms with Gasteiger partial charge in [-0.2, -0.15) is 0 Å². The van der Waals surface area contributed by atoms with Crippen LogP contribution in [0.3, 0.4) is 0 Å². The first kappa shape index (κ1) is 14.5. The number of nitrogens with one attached hydrogen (secondary N) is 1. The summed E-state index contributed by atoms with van der Waals surface area (Å²) in [4.78, 5) is 14.4. The van der Waals surface area contributed by atoms with Crippen LogP contribution in [-0.2, 0) is 0 Å². The minimum Gasteiger partial charge on any atom is -0.339 e. The van der Waals surface area contributed by atoms with E-state index < -0.39 is 0 Å². The highest BCUT2D eigenvalue weighted by molar-refractivity contribution is 5.95. The first-order valence-corrected chi connectivity index (χ1v) is 7.92. The van der Waals surface area contributed by atoms with Gasteiger partial charge in [-0.1, -0.05) is 6.07 Å². The van der Waals surface area contributed by atoms with E-state index in [0.29, 0.717) is 11.6 Å². The Hall–Kier alpha value is -1.42. The van der Waals surface area contributed by atoms with Crippen LogP contribution in [0.15, 0.2) is 18.2 Å². The van der Waals surface area contributed by atoms with Crippen molar-refractivity contribution in [2.24, 2.45) is 5.92 Å². The van der Waals surface area contributed by atoms with Crippen molar-refractivity contribution in [3.63, 3.8) is 0 Å². The summed E-state index contributed by atoms with van der Waals surface area (Å²) in [6, 6.07) is 4.96. The number of aryl methyl sites for hydroxylation is 1. The van der Waals surface area contributed by atoms with Crippen LogP contribution in [0, 0.1) is 18.7 Å². The number of nitrogens with zero attached hydrogens (tertiary/aromatic N) is 1. The second-order valence-corrected chi connectivity index (χ2v) is 6.38. The first-order valence-electron chi connectivity index (χ1n) is 7.92. The van der Waals surface area contributed by atoms with Crippen molar-refractivity contribution in [2.75, 3.05) is 19.6 Å². The van der Waals surface area contributed by atoms with E-state index in [-0.39, 0.29) is 11.7 Å². The smallest absolute Gasteiger partial charge is 0.254 e. The number of carbonyl (C=O) groups is 1. The highest BCUT2D eigenvalue weighted by atomic mass is 19.1. The number of rotatable bonds is 4. The van der Waals surface area contributed by atoms with Gasteiger partial charge in [0, 0.05) is 24.7 Å². The third-order valence-corrected chi connectivity index (χ3v) is 4.60. The zero-order chi connectivity index (χ0) is 14.8. The molecule has 2 aliphatic rings. The largest absolute Gasteiger partial charge is 0.339 e. The number of likely N-dealkylation sites (tertiary alicyclic amines) is 1. The predicted octanol–water partition coefficient (Wildman–Crippen LogP) is 2.74. The SMILES string of the molecule is Cc1ccc(F)cc1C(=O)N1CCC(NCC2CC2)CC1. The summed E-state index contributed by atoms with van der Waals surface area (Å²) >= 11 is 0. The molecule has 4 heteroatoms. The number of hydrogen-bond acceptors (Lipinski definition) is 2. The van der Waals surface area contributed by atoms with Gasteiger partial charge in [-0.05, 0) is 62.8 Å². The molecule has 21 heavy (non-hydrogen) atoms. The van der Waals surface area contributed by atoms with Crippen LogP contribution in [0.4, 0.5) is 4.39 Å². The number of carbonyl (C=O) groups excluding carboxylic acids is 1. The number of amides is 1. The highest BCUT2D eigenvalue weighted by Gasteiger charge is 2.26. The maximum atomic E-state index is 13.3. The highest BCUT2D eigenvalue weighted by Crippen LogP contribution is 2.28. The molecule has 1 aromatic rings. The Bertz CT molecular complexity index is 520. The summed E-state index contributed by atoms with van der Waals surface area (Å²) in [6.45, 7) is 4.51. The lowest BCUT2D eigenvalue weighted by atomic mass is 10.0. The van der Waals surface area contributed by atoms with E-state index in [1.54, 1.807) is 6.07 Å². The molecule has 1 saturated heterocycles. The summed E-state index contributed by atoms with van der Waals surface area (Å²) in [7, 11) is 0. The molecule has 1 N–H and O–H groups in total. The van der Waals surface area contributed by atoms with Gasteiger partial charge in [-0.25, -0.2) is 4.39 Å². The van der Waals surface area contributed by atoms with Crippen molar-refractivity contribution in [1.82, 2.24) is 10.2 Å². The molecule has 1 aliphatic carbocycles. The van der Waals surface area contributed by atoms with Crippen molar-refractivity contribution >= 4 is 5.91 Å². The molecule has 1 amide bonds. The number of halogens is 1. The average Bonchev–Trinajstić information content (AvgIpc) is 3.32. The molecular weight excluding hydrogens is 267 g/mol. The van der Waals surface area contributed by atoms with E-state index in [2.05, 4.69) is 5.32 Å². The van der Waals surface area contributed by atoms with Crippen molar-refractivity contribution in [2.45, 2.75) is 38.6 Å². The first-order chi connectivity index (χ1) is 10.1. The van der Waals surface area contributed by atoms with Crippen LogP contribution >= 0.6 is 0 Å². The maximum Gasteiger partial charge on any atom is 0.254 e. The summed E-state index contributed by atoms with van der Waals surface area (Å²) in [6.07, 6.45) is 4.71. The molecule has 0 spiro atoms. The lowest BCUT2D eigenvalue weighted by Crippen LogP contribution is -2.45. The van der Waals surface area contributed by atoms with Gasteiger partial charge in [0.2, 0.25) is 0 Å². The molecule has 3 rings (SSSR count). The molecule has 2 fully saturated rings. The minimum atomic E-state index is -0.343. The van der Waals surface area contributed by atoms with Gasteiger partial charge in [0.1, 0.15) is 5.82 Å². The van der Waals surface area contributed by atoms with E-state index in [1.807, 2.05) is 11.8 Å². The predicted molar refractivity (Wildman–Crippen MR) is 80.8 cm³/mol. The zero-order valence-corrected chi connectivity index (χ0v) is 12.6. The fourth-order valence-corrected chi connectivity index (χ4v) is 2.94. The molecule has 1 heterocycles. The lowest BCUT2D eigenvalue weighted by Gasteiger charge is -2.33. The Morgan fingerprint density at radius 3 is 2.67 bits per heavy atom. The molecule has 0 radical (unpaired) electrons. The third kappa shape index (κ3) is 3.62. The number of hydrogen-bond donors (Lipinski definition) is 1. The topological polar surface area (TPSA) is 32.3 Å². The quantitative estimate of drug-likeness (QED) is 0.925. The van der Waals surface area contributed by atoms with Crippen LogP contribution in [0.1, 0.15) is 41.6 Å². The summed E-state index contributed by atoms with van der Waals surface area (Å²) < 4.78 is 13.3. The lowest BCUT2D eigenvalue weighted by molar-refractivity contribution is 0.0703. The Labute approximate surface area is 125 Å². The van der Waals surface area contributed by atoms with Gasteiger partial charge in [-0.15, -0.1) is 0 Å². The van der Waals surface area contributed by atoms with Crippen LogP contribution in [0.5, 0.6) is 0 Å². The van der Waals surface area contributed by atoms with Crippen LogP contribution in [0.2, 0.25) is 0 Å². The van der Waals surface area contributed by atoms with Gasteiger partial charge < -0.3 is 10.2 Å². The molecule has 1 saturated carbocycles. The second kappa shape index (κ2) is 6.14. The Kier molecular flexibility index (Phi) is 4.24. The second-order valence-electron chi connectivity index (χ2n) is 6.38. The van der Waals surface area contributed by atoms with Crippen molar-refractivity contribution in [1.29, 1.82) is 0 Å². The van der Waals surface area contributed by atoms with Crippen molar-refractivity contribution in [3.05, 3.63) is 35.1 Å². The van der Waals surface area contributed by atoms with E-state index in [1.165, 1.54) is 25.0 Å². The van der Waals surface area contributed by atoms with Gasteiger partial charge in [0.25, 0.3) is 5.91 Å². The molecule has 0 bridgehead atoms. The third-order valence-electron chi connectivity index (χ3n) is 4.60. The van der Waals surface area contributed by atoms with Gasteiger partial charge in [0.05, 0.1) is 0 Å². The summed E-state index contributed by atoms with van der Waals surface area (Å²) in [5.74, 6) is 0.511. The zero-order valence-electron chi connectivity index (χ0n) is 12.6. The molecule has 1 aliphatic heterocycles. The van der Waals surface area contributed by atoms with E-state index in [0.717, 1.165) is 44.0 Å². The average molecular weight is 290 g/mol. The minimum absolute atomic E-state index is 0.0346. The summed E-state index contributed by atoms with van der Waals surface area (Å²) in [5, 5.41) is 3.61. The van der Waals surface area contributed by atoms with Gasteiger partial charge in [-0.3, -0.25) is 4.79 Å². The van der Waals surface area contributed by atoms with Crippen LogP contribution in [-0.4, -0.2) is 36.5 Å². The molecular formula is C17H23FN2O. The molecule has 0 aromatic heterocycles. The summed E-state index contributed by atoms with van der Waals surface area (Å²) in [5.41, 5.74) is 1.34. The van der Waals surface area contributed by atoms with Crippen LogP contribution < -0.4 is 5.32 Å². The fraction of sp³-hybridized carbons (Fsp3) is 0.588. The molecule has 0 atom stereocenters. The number of piperidine rings is 1. The Morgan fingerprint density at radius 2 is 2.00 bits per heavy atom. The monoisotopic (exact) mass is 290 g/mol. The molecule has 3 nitrogen and oxygen atoms in total. The molecule has 1 aromatic carbocycles. The standard InChI is InChI=1S/C17H23FN2O/c1-12-2-5-14(18)10-16(12)17(21)20-8-6-15(7-9-20)19-11-13-3-4-13/h2,5,10,13,15,19H,3-4,6-9,11H2,1H3.